The Morgan fingerprint density at radius 3 is 2.92 bits per heavy atom. The SMILES string of the molecule is O=C(c1cnn2c1OCCC2)N1CCCC(Oc2ncc(F)cn2)C1. The average molecular weight is 347 g/mol. The Bertz CT molecular complexity index is 764. The largest absolute Gasteiger partial charge is 0.477 e. The van der Waals surface area contributed by atoms with Crippen LogP contribution in [-0.2, 0) is 6.54 Å². The molecule has 1 amide bonds. The molecule has 2 aliphatic rings. The molecule has 25 heavy (non-hydrogen) atoms. The zero-order chi connectivity index (χ0) is 17.2. The predicted octanol–water partition coefficient (Wildman–Crippen LogP) is 1.28. The van der Waals surface area contributed by atoms with E-state index < -0.39 is 5.82 Å². The highest BCUT2D eigenvalue weighted by molar-refractivity contribution is 5.96. The molecule has 0 radical (unpaired) electrons. The van der Waals surface area contributed by atoms with Gasteiger partial charge in [0.05, 0.1) is 31.7 Å². The van der Waals surface area contributed by atoms with E-state index in [4.69, 9.17) is 9.47 Å². The van der Waals surface area contributed by atoms with E-state index in [2.05, 4.69) is 15.1 Å². The lowest BCUT2D eigenvalue weighted by Gasteiger charge is -2.32. The van der Waals surface area contributed by atoms with Crippen molar-refractivity contribution in [2.45, 2.75) is 31.9 Å². The monoisotopic (exact) mass is 347 g/mol. The molecule has 1 fully saturated rings. The van der Waals surface area contributed by atoms with Gasteiger partial charge in [-0.2, -0.15) is 5.10 Å². The van der Waals surface area contributed by atoms with Gasteiger partial charge in [-0.05, 0) is 12.8 Å². The first-order valence-corrected chi connectivity index (χ1v) is 8.33. The van der Waals surface area contributed by atoms with Gasteiger partial charge in [0.1, 0.15) is 11.7 Å². The van der Waals surface area contributed by atoms with Crippen LogP contribution in [-0.4, -0.2) is 56.4 Å². The second-order valence-electron chi connectivity index (χ2n) is 6.11. The van der Waals surface area contributed by atoms with Gasteiger partial charge in [0, 0.05) is 19.5 Å². The highest BCUT2D eigenvalue weighted by Gasteiger charge is 2.30. The first-order valence-electron chi connectivity index (χ1n) is 8.33. The second-order valence-corrected chi connectivity index (χ2v) is 6.11. The van der Waals surface area contributed by atoms with Crippen molar-refractivity contribution in [3.63, 3.8) is 0 Å². The third-order valence-electron chi connectivity index (χ3n) is 4.31. The van der Waals surface area contributed by atoms with Crippen molar-refractivity contribution in [1.29, 1.82) is 0 Å². The first-order chi connectivity index (χ1) is 12.2. The van der Waals surface area contributed by atoms with E-state index >= 15 is 0 Å². The molecule has 1 unspecified atom stereocenters. The lowest BCUT2D eigenvalue weighted by molar-refractivity contribution is 0.0510. The van der Waals surface area contributed by atoms with Crippen LogP contribution in [0.4, 0.5) is 4.39 Å². The Morgan fingerprint density at radius 1 is 1.24 bits per heavy atom. The molecule has 0 spiro atoms. The number of hydrogen-bond acceptors (Lipinski definition) is 6. The third-order valence-corrected chi connectivity index (χ3v) is 4.31. The highest BCUT2D eigenvalue weighted by Crippen LogP contribution is 2.25. The minimum atomic E-state index is -0.515. The van der Waals surface area contributed by atoms with Gasteiger partial charge in [0.25, 0.3) is 5.91 Å². The van der Waals surface area contributed by atoms with E-state index in [1.54, 1.807) is 15.8 Å². The summed E-state index contributed by atoms with van der Waals surface area (Å²) in [5.41, 5.74) is 0.485. The summed E-state index contributed by atoms with van der Waals surface area (Å²) in [7, 11) is 0. The summed E-state index contributed by atoms with van der Waals surface area (Å²) in [5.74, 6) is -0.0867. The van der Waals surface area contributed by atoms with Gasteiger partial charge >= 0.3 is 6.01 Å². The summed E-state index contributed by atoms with van der Waals surface area (Å²) in [5, 5.41) is 4.23. The van der Waals surface area contributed by atoms with Crippen molar-refractivity contribution in [3.8, 4) is 11.9 Å². The van der Waals surface area contributed by atoms with E-state index in [1.807, 2.05) is 0 Å². The summed E-state index contributed by atoms with van der Waals surface area (Å²) < 4.78 is 25.9. The van der Waals surface area contributed by atoms with Crippen molar-refractivity contribution in [1.82, 2.24) is 24.6 Å². The van der Waals surface area contributed by atoms with Crippen molar-refractivity contribution in [2.24, 2.45) is 0 Å². The molecule has 0 aliphatic carbocycles. The average Bonchev–Trinajstić information content (AvgIpc) is 3.07. The van der Waals surface area contributed by atoms with Crippen LogP contribution >= 0.6 is 0 Å². The third kappa shape index (κ3) is 3.26. The maximum atomic E-state index is 12.9. The number of likely N-dealkylation sites (tertiary alicyclic amines) is 1. The number of rotatable bonds is 3. The Morgan fingerprint density at radius 2 is 2.08 bits per heavy atom. The van der Waals surface area contributed by atoms with Crippen LogP contribution in [0.25, 0.3) is 0 Å². The summed E-state index contributed by atoms with van der Waals surface area (Å²) in [4.78, 5) is 22.2. The number of piperidine rings is 1. The number of carbonyl (C=O) groups excluding carboxylic acids is 1. The lowest BCUT2D eigenvalue weighted by atomic mass is 10.1. The van der Waals surface area contributed by atoms with Crippen molar-refractivity contribution < 1.29 is 18.7 Å². The van der Waals surface area contributed by atoms with Gasteiger partial charge in [0.2, 0.25) is 5.88 Å². The van der Waals surface area contributed by atoms with Crippen molar-refractivity contribution in [2.75, 3.05) is 19.7 Å². The van der Waals surface area contributed by atoms with Crippen molar-refractivity contribution >= 4 is 5.91 Å². The molecule has 4 heterocycles. The summed E-state index contributed by atoms with van der Waals surface area (Å²) in [6.45, 7) is 2.42. The van der Waals surface area contributed by atoms with E-state index in [0.717, 1.165) is 38.2 Å². The fourth-order valence-corrected chi connectivity index (χ4v) is 3.12. The van der Waals surface area contributed by atoms with Crippen LogP contribution in [0.3, 0.4) is 0 Å². The van der Waals surface area contributed by atoms with Gasteiger partial charge in [-0.25, -0.2) is 19.0 Å². The topological polar surface area (TPSA) is 82.4 Å². The normalized spacial score (nSPS) is 19.9. The van der Waals surface area contributed by atoms with Gasteiger partial charge in [-0.3, -0.25) is 4.79 Å². The van der Waals surface area contributed by atoms with E-state index in [9.17, 15) is 9.18 Å². The van der Waals surface area contributed by atoms with Crippen LogP contribution in [0.15, 0.2) is 18.6 Å². The second kappa shape index (κ2) is 6.66. The standard InChI is InChI=1S/C16H18FN5O3/c17-11-7-18-16(19-8-11)25-12-3-1-4-21(10-12)14(23)13-9-20-22-5-2-6-24-15(13)22/h7-9,12H,1-6,10H2. The zero-order valence-electron chi connectivity index (χ0n) is 13.6. The maximum Gasteiger partial charge on any atom is 0.316 e. The Labute approximate surface area is 143 Å². The number of aryl methyl sites for hydroxylation is 1. The minimum Gasteiger partial charge on any atom is -0.477 e. The number of nitrogens with zero attached hydrogens (tertiary/aromatic N) is 5. The van der Waals surface area contributed by atoms with E-state index in [-0.39, 0.29) is 18.0 Å². The van der Waals surface area contributed by atoms with Crippen LogP contribution in [0.2, 0.25) is 0 Å². The number of ether oxygens (including phenoxy) is 2. The number of carbonyl (C=O) groups is 1. The molecule has 0 bridgehead atoms. The summed E-state index contributed by atoms with van der Waals surface area (Å²) in [6, 6.07) is 0.118. The van der Waals surface area contributed by atoms with Gasteiger partial charge < -0.3 is 14.4 Å². The van der Waals surface area contributed by atoms with Crippen LogP contribution in [0.5, 0.6) is 11.9 Å². The van der Waals surface area contributed by atoms with Gasteiger partial charge in [-0.15, -0.1) is 0 Å². The number of halogens is 1. The molecule has 1 saturated heterocycles. The Balaban J connectivity index is 1.44. The molecule has 2 aromatic rings. The van der Waals surface area contributed by atoms with E-state index in [0.29, 0.717) is 31.1 Å². The number of aromatic nitrogens is 4. The molecule has 132 valence electrons. The first kappa shape index (κ1) is 15.8. The minimum absolute atomic E-state index is 0.114. The molecular weight excluding hydrogens is 329 g/mol. The molecular formula is C16H18FN5O3. The maximum absolute atomic E-state index is 12.9. The molecule has 0 aromatic carbocycles. The molecule has 2 aromatic heterocycles. The van der Waals surface area contributed by atoms with E-state index in [1.165, 1.54) is 0 Å². The number of amides is 1. The fraction of sp³-hybridized carbons (Fsp3) is 0.500. The molecule has 8 nitrogen and oxygen atoms in total. The van der Waals surface area contributed by atoms with Crippen LogP contribution < -0.4 is 9.47 Å². The molecule has 4 rings (SSSR count). The molecule has 0 saturated carbocycles. The van der Waals surface area contributed by atoms with Crippen LogP contribution in [0.1, 0.15) is 29.6 Å². The highest BCUT2D eigenvalue weighted by atomic mass is 19.1. The van der Waals surface area contributed by atoms with Gasteiger partial charge in [-0.1, -0.05) is 0 Å². The molecule has 2 aliphatic heterocycles. The summed E-state index contributed by atoms with van der Waals surface area (Å²) >= 11 is 0. The number of fused-ring (bicyclic) bond motifs is 1. The fourth-order valence-electron chi connectivity index (χ4n) is 3.12. The number of hydrogen-bond donors (Lipinski definition) is 0. The van der Waals surface area contributed by atoms with Gasteiger partial charge in [0.15, 0.2) is 5.82 Å². The van der Waals surface area contributed by atoms with Crippen LogP contribution in [0, 0.1) is 5.82 Å². The smallest absolute Gasteiger partial charge is 0.316 e. The predicted molar refractivity (Wildman–Crippen MR) is 83.9 cm³/mol. The van der Waals surface area contributed by atoms with Crippen molar-refractivity contribution in [3.05, 3.63) is 30.0 Å². The zero-order valence-corrected chi connectivity index (χ0v) is 13.6. The summed E-state index contributed by atoms with van der Waals surface area (Å²) in [6.07, 6.45) is 5.94. The Kier molecular flexibility index (Phi) is 4.21. The Hall–Kier alpha value is -2.71. The molecule has 1 atom stereocenters. The quantitative estimate of drug-likeness (QED) is 0.832. The molecule has 0 N–H and O–H groups in total. The molecule has 9 heteroatoms. The lowest BCUT2D eigenvalue weighted by Crippen LogP contribution is -2.44.